The van der Waals surface area contributed by atoms with Crippen molar-refractivity contribution in [3.8, 4) is 0 Å². The molecular formula is C7H7N3O2S. The summed E-state index contributed by atoms with van der Waals surface area (Å²) in [7, 11) is -3.23. The summed E-state index contributed by atoms with van der Waals surface area (Å²) >= 11 is 0. The van der Waals surface area contributed by atoms with Crippen LogP contribution >= 0.6 is 0 Å². The number of fused-ring (bicyclic) bond motifs is 1. The molecule has 0 aliphatic heterocycles. The first-order valence-corrected chi connectivity index (χ1v) is 5.45. The predicted octanol–water partition coefficient (Wildman–Crippen LogP) is 0.133. The van der Waals surface area contributed by atoms with E-state index in [-0.39, 0.29) is 5.03 Å². The second-order valence-electron chi connectivity index (χ2n) is 2.69. The predicted molar refractivity (Wildman–Crippen MR) is 46.1 cm³/mol. The minimum Gasteiger partial charge on any atom is -0.303 e. The first-order valence-electron chi connectivity index (χ1n) is 3.56. The molecule has 0 atom stereocenters. The van der Waals surface area contributed by atoms with Gasteiger partial charge in [-0.2, -0.15) is 0 Å². The zero-order valence-corrected chi connectivity index (χ0v) is 7.69. The van der Waals surface area contributed by atoms with E-state index >= 15 is 0 Å². The van der Waals surface area contributed by atoms with Crippen molar-refractivity contribution >= 4 is 15.5 Å². The van der Waals surface area contributed by atoms with Gasteiger partial charge >= 0.3 is 0 Å². The number of rotatable bonds is 1. The highest BCUT2D eigenvalue weighted by Gasteiger charge is 2.09. The smallest absolute Gasteiger partial charge is 0.194 e. The number of hydrogen-bond donors (Lipinski definition) is 0. The maximum Gasteiger partial charge on any atom is 0.194 e. The minimum absolute atomic E-state index is 0.0537. The van der Waals surface area contributed by atoms with Crippen LogP contribution in [0.25, 0.3) is 5.65 Å². The number of hydrogen-bond acceptors (Lipinski definition) is 4. The van der Waals surface area contributed by atoms with Crippen LogP contribution in [-0.2, 0) is 9.84 Å². The molecular weight excluding hydrogens is 190 g/mol. The second-order valence-corrected chi connectivity index (χ2v) is 4.65. The summed E-state index contributed by atoms with van der Waals surface area (Å²) in [6, 6.07) is 0. The van der Waals surface area contributed by atoms with Gasteiger partial charge in [-0.25, -0.2) is 18.4 Å². The first kappa shape index (κ1) is 8.18. The molecule has 0 amide bonds. The van der Waals surface area contributed by atoms with Gasteiger partial charge in [-0.15, -0.1) is 0 Å². The maximum atomic E-state index is 11.1. The molecule has 5 nitrogen and oxygen atoms in total. The van der Waals surface area contributed by atoms with Gasteiger partial charge in [0, 0.05) is 24.8 Å². The van der Waals surface area contributed by atoms with Crippen LogP contribution in [0.5, 0.6) is 0 Å². The molecule has 0 unspecified atom stereocenters. The highest BCUT2D eigenvalue weighted by molar-refractivity contribution is 7.90. The standard InChI is InChI=1S/C7H7N3O2S/c1-13(11,12)7-5-10-3-2-8-6(10)4-9-7/h2-5H,1H3. The van der Waals surface area contributed by atoms with Crippen LogP contribution in [0.2, 0.25) is 0 Å². The Morgan fingerprint density at radius 1 is 1.38 bits per heavy atom. The van der Waals surface area contributed by atoms with Crippen LogP contribution in [0.4, 0.5) is 0 Å². The summed E-state index contributed by atoms with van der Waals surface area (Å²) in [5.41, 5.74) is 0.632. The van der Waals surface area contributed by atoms with Gasteiger partial charge in [0.25, 0.3) is 0 Å². The molecule has 0 aliphatic rings. The van der Waals surface area contributed by atoms with E-state index in [1.165, 1.54) is 12.4 Å². The molecule has 0 N–H and O–H groups in total. The first-order chi connectivity index (χ1) is 6.07. The van der Waals surface area contributed by atoms with Gasteiger partial charge in [0.1, 0.15) is 0 Å². The Labute approximate surface area is 75.0 Å². The van der Waals surface area contributed by atoms with Crippen molar-refractivity contribution in [3.05, 3.63) is 24.8 Å². The van der Waals surface area contributed by atoms with Crippen LogP contribution in [0.1, 0.15) is 0 Å². The van der Waals surface area contributed by atoms with E-state index < -0.39 is 9.84 Å². The lowest BCUT2D eigenvalue weighted by atomic mass is 10.7. The Morgan fingerprint density at radius 3 is 2.85 bits per heavy atom. The van der Waals surface area contributed by atoms with Crippen LogP contribution in [0.15, 0.2) is 29.8 Å². The van der Waals surface area contributed by atoms with Gasteiger partial charge in [-0.05, 0) is 0 Å². The van der Waals surface area contributed by atoms with Gasteiger partial charge in [0.2, 0.25) is 0 Å². The number of nitrogens with zero attached hydrogens (tertiary/aromatic N) is 3. The van der Waals surface area contributed by atoms with Gasteiger partial charge in [-0.3, -0.25) is 0 Å². The topological polar surface area (TPSA) is 64.3 Å². The zero-order valence-electron chi connectivity index (χ0n) is 6.88. The number of sulfone groups is 1. The van der Waals surface area contributed by atoms with Gasteiger partial charge in [-0.1, -0.05) is 0 Å². The average Bonchev–Trinajstić information content (AvgIpc) is 2.47. The lowest BCUT2D eigenvalue weighted by molar-refractivity contribution is 0.597. The van der Waals surface area contributed by atoms with E-state index in [1.54, 1.807) is 16.8 Å². The van der Waals surface area contributed by atoms with Gasteiger partial charge in [0.05, 0.1) is 6.20 Å². The average molecular weight is 197 g/mol. The zero-order chi connectivity index (χ0) is 9.47. The summed E-state index contributed by atoms with van der Waals surface area (Å²) in [6.07, 6.45) is 7.25. The van der Waals surface area contributed by atoms with Crippen molar-refractivity contribution in [3.63, 3.8) is 0 Å². The third-order valence-electron chi connectivity index (χ3n) is 1.64. The summed E-state index contributed by atoms with van der Waals surface area (Å²) < 4.78 is 23.8. The Hall–Kier alpha value is -1.43. The molecule has 2 aromatic rings. The summed E-state index contributed by atoms with van der Waals surface area (Å²) in [5, 5.41) is 0.0537. The fourth-order valence-corrected chi connectivity index (χ4v) is 1.55. The molecule has 0 saturated heterocycles. The van der Waals surface area contributed by atoms with Crippen molar-refractivity contribution in [2.45, 2.75) is 5.03 Å². The van der Waals surface area contributed by atoms with E-state index in [0.29, 0.717) is 5.65 Å². The quantitative estimate of drug-likeness (QED) is 0.652. The van der Waals surface area contributed by atoms with Gasteiger partial charge < -0.3 is 4.40 Å². The van der Waals surface area contributed by atoms with E-state index in [1.807, 2.05) is 0 Å². The fourth-order valence-electron chi connectivity index (χ4n) is 0.999. The monoisotopic (exact) mass is 197 g/mol. The Kier molecular flexibility index (Phi) is 1.59. The van der Waals surface area contributed by atoms with Gasteiger partial charge in [0.15, 0.2) is 20.5 Å². The third kappa shape index (κ3) is 1.40. The Morgan fingerprint density at radius 2 is 2.15 bits per heavy atom. The van der Waals surface area contributed by atoms with Crippen molar-refractivity contribution in [1.29, 1.82) is 0 Å². The minimum atomic E-state index is -3.23. The summed E-state index contributed by atoms with van der Waals surface area (Å²) in [6.45, 7) is 0. The maximum absolute atomic E-state index is 11.1. The molecule has 2 heterocycles. The van der Waals surface area contributed by atoms with Crippen molar-refractivity contribution in [1.82, 2.24) is 14.4 Å². The summed E-state index contributed by atoms with van der Waals surface area (Å²) in [4.78, 5) is 7.73. The van der Waals surface area contributed by atoms with Crippen molar-refractivity contribution in [2.75, 3.05) is 6.26 Å². The molecule has 13 heavy (non-hydrogen) atoms. The van der Waals surface area contributed by atoms with E-state index in [2.05, 4.69) is 9.97 Å². The normalized spacial score (nSPS) is 12.1. The lowest BCUT2D eigenvalue weighted by Gasteiger charge is -1.97. The molecule has 0 bridgehead atoms. The Bertz CT molecular complexity index is 544. The molecule has 0 radical (unpaired) electrons. The highest BCUT2D eigenvalue weighted by atomic mass is 32.2. The third-order valence-corrected chi connectivity index (χ3v) is 2.61. The molecule has 0 spiro atoms. The molecule has 0 saturated carbocycles. The molecule has 2 rings (SSSR count). The van der Waals surface area contributed by atoms with Crippen LogP contribution in [0, 0.1) is 0 Å². The number of aromatic nitrogens is 3. The summed E-state index contributed by atoms with van der Waals surface area (Å²) in [5.74, 6) is 0. The van der Waals surface area contributed by atoms with E-state index in [9.17, 15) is 8.42 Å². The van der Waals surface area contributed by atoms with Crippen molar-refractivity contribution in [2.24, 2.45) is 0 Å². The Balaban J connectivity index is 2.75. The largest absolute Gasteiger partial charge is 0.303 e. The molecule has 0 aliphatic carbocycles. The van der Waals surface area contributed by atoms with Crippen LogP contribution in [0.3, 0.4) is 0 Å². The van der Waals surface area contributed by atoms with Crippen molar-refractivity contribution < 1.29 is 8.42 Å². The SMILES string of the molecule is CS(=O)(=O)c1cn2ccnc2cn1. The highest BCUT2D eigenvalue weighted by Crippen LogP contribution is 2.05. The van der Waals surface area contributed by atoms with Crippen LogP contribution < -0.4 is 0 Å². The molecule has 68 valence electrons. The second kappa shape index (κ2) is 2.53. The molecule has 6 heteroatoms. The van der Waals surface area contributed by atoms with E-state index in [0.717, 1.165) is 6.26 Å². The van der Waals surface area contributed by atoms with E-state index in [4.69, 9.17) is 0 Å². The molecule has 0 aromatic carbocycles. The number of imidazole rings is 1. The molecule has 2 aromatic heterocycles. The van der Waals surface area contributed by atoms with Crippen LogP contribution in [-0.4, -0.2) is 29.0 Å². The lowest BCUT2D eigenvalue weighted by Crippen LogP contribution is -2.02. The fraction of sp³-hybridized carbons (Fsp3) is 0.143. The molecule has 0 fully saturated rings.